The second kappa shape index (κ2) is 18.2. The van der Waals surface area contributed by atoms with Gasteiger partial charge >= 0.3 is 0 Å². The third kappa shape index (κ3) is 8.75. The van der Waals surface area contributed by atoms with E-state index in [1.54, 1.807) is 25.4 Å². The van der Waals surface area contributed by atoms with E-state index >= 15 is 0 Å². The number of aromatic amines is 1. The molecule has 5 aliphatic rings. The maximum absolute atomic E-state index is 14.8. The highest BCUT2D eigenvalue weighted by molar-refractivity contribution is 6.09. The first kappa shape index (κ1) is 44.2. The minimum Gasteiger partial charge on any atom is -0.493 e. The van der Waals surface area contributed by atoms with Crippen LogP contribution in [0.3, 0.4) is 0 Å². The summed E-state index contributed by atoms with van der Waals surface area (Å²) in [6, 6.07) is 16.7. The van der Waals surface area contributed by atoms with Gasteiger partial charge < -0.3 is 38.9 Å². The van der Waals surface area contributed by atoms with Crippen molar-refractivity contribution in [1.82, 2.24) is 30.2 Å². The Labute approximate surface area is 390 Å². The zero-order valence-corrected chi connectivity index (χ0v) is 38.9. The normalized spacial score (nSPS) is 20.0. The first-order chi connectivity index (χ1) is 32.5. The quantitative estimate of drug-likeness (QED) is 0.119. The Hall–Kier alpha value is -6.64. The van der Waals surface area contributed by atoms with Crippen LogP contribution in [0.2, 0.25) is 0 Å². The molecule has 15 nitrogen and oxygen atoms in total. The number of ether oxygens (including phenoxy) is 5. The minimum atomic E-state index is -0.893. The van der Waals surface area contributed by atoms with Gasteiger partial charge in [0.05, 0.1) is 49.2 Å². The molecule has 5 aromatic rings. The Kier molecular flexibility index (Phi) is 12.0. The van der Waals surface area contributed by atoms with Crippen LogP contribution in [0.5, 0.6) is 28.7 Å². The van der Waals surface area contributed by atoms with Gasteiger partial charge in [-0.1, -0.05) is 57.9 Å². The number of aromatic nitrogens is 3. The molecule has 2 saturated carbocycles. The summed E-state index contributed by atoms with van der Waals surface area (Å²) < 4.78 is 29.1. The van der Waals surface area contributed by atoms with Gasteiger partial charge in [-0.3, -0.25) is 14.4 Å². The first-order valence-electron chi connectivity index (χ1n) is 23.7. The van der Waals surface area contributed by atoms with Gasteiger partial charge in [-0.25, -0.2) is 15.0 Å². The van der Waals surface area contributed by atoms with Crippen molar-refractivity contribution in [1.29, 1.82) is 0 Å². The van der Waals surface area contributed by atoms with Crippen molar-refractivity contribution >= 4 is 34.5 Å². The standard InChI is InChI=1S/C52H59N7O8/c1-52(2,3)33-15-12-30(13-16-33)24-38(56-49(60)37-26-53-47-45(37)54-28-55-46(47)43-40(65-27-31-10-11-31)18-19-41-48(43)67-29-66-41)51(62)58-22-20-34(21-23-58)59-50(61)36-9-7-6-8-35(36)44(57-59)32-14-17-39(63-4)42(25-32)64-5/h12-19,25-26,28,31,34-36,38,53H,6-11,20-24,27,29H2,1-5H3,(H,56,60)/t35-,36+,38+/m0/s1. The van der Waals surface area contributed by atoms with Crippen molar-refractivity contribution in [2.24, 2.45) is 22.9 Å². The topological polar surface area (TPSA) is 170 Å². The average molecular weight is 910 g/mol. The Bertz CT molecular complexity index is 2710. The lowest BCUT2D eigenvalue weighted by Gasteiger charge is -2.43. The van der Waals surface area contributed by atoms with E-state index in [2.05, 4.69) is 53.2 Å². The molecule has 3 atom stereocenters. The van der Waals surface area contributed by atoms with Gasteiger partial charge in [0.25, 0.3) is 5.91 Å². The number of carbonyl (C=O) groups is 3. The van der Waals surface area contributed by atoms with Crippen molar-refractivity contribution in [3.63, 3.8) is 0 Å². The fraction of sp³-hybridized carbons (Fsp3) is 0.462. The fourth-order valence-electron chi connectivity index (χ4n) is 10.1. The van der Waals surface area contributed by atoms with Crippen molar-refractivity contribution in [3.8, 4) is 40.0 Å². The van der Waals surface area contributed by atoms with Gasteiger partial charge in [0.2, 0.25) is 18.6 Å². The van der Waals surface area contributed by atoms with Crippen molar-refractivity contribution < 1.29 is 38.1 Å². The van der Waals surface area contributed by atoms with Gasteiger partial charge in [-0.2, -0.15) is 5.10 Å². The molecule has 67 heavy (non-hydrogen) atoms. The molecule has 0 bridgehead atoms. The molecule has 3 aromatic carbocycles. The number of rotatable bonds is 13. The van der Waals surface area contributed by atoms with Crippen molar-refractivity contribution in [2.75, 3.05) is 40.7 Å². The van der Waals surface area contributed by atoms with E-state index in [1.807, 2.05) is 47.4 Å². The molecule has 350 valence electrons. The number of likely N-dealkylation sites (tertiary alicyclic amines) is 1. The lowest BCUT2D eigenvalue weighted by atomic mass is 9.73. The summed E-state index contributed by atoms with van der Waals surface area (Å²) in [5.74, 6) is 2.78. The Morgan fingerprint density at radius 1 is 0.881 bits per heavy atom. The Balaban J connectivity index is 0.907. The maximum atomic E-state index is 14.8. The number of methoxy groups -OCH3 is 2. The maximum Gasteiger partial charge on any atom is 0.255 e. The molecule has 0 spiro atoms. The van der Waals surface area contributed by atoms with E-state index in [9.17, 15) is 14.4 Å². The van der Waals surface area contributed by atoms with Gasteiger partial charge in [0, 0.05) is 43.1 Å². The smallest absolute Gasteiger partial charge is 0.255 e. The first-order valence-corrected chi connectivity index (χ1v) is 23.7. The summed E-state index contributed by atoms with van der Waals surface area (Å²) in [6.07, 6.45) is 10.4. The largest absolute Gasteiger partial charge is 0.493 e. The highest BCUT2D eigenvalue weighted by Crippen LogP contribution is 2.48. The third-order valence-corrected chi connectivity index (χ3v) is 14.2. The van der Waals surface area contributed by atoms with Crippen molar-refractivity contribution in [2.45, 2.75) is 96.1 Å². The van der Waals surface area contributed by atoms with Crippen LogP contribution in [0.1, 0.15) is 99.2 Å². The van der Waals surface area contributed by atoms with E-state index in [0.29, 0.717) is 89.5 Å². The molecule has 3 aliphatic heterocycles. The molecule has 2 aliphatic carbocycles. The molecule has 0 unspecified atom stereocenters. The average Bonchev–Trinajstić information content (AvgIpc) is 3.87. The number of hydrogen-bond donors (Lipinski definition) is 2. The molecule has 10 rings (SSSR count). The molecule has 3 fully saturated rings. The SMILES string of the molecule is COc1ccc(C2=NN(C3CCN(C(=O)[C@@H](Cc4ccc(C(C)(C)C)cc4)NC(=O)c4c[nH]c5c(-c6c(OCC7CC7)ccc7c6OCO7)ncnc45)CC3)C(=O)[C@@H]3CCCC[C@H]23)cc1OC. The Morgan fingerprint density at radius 3 is 2.36 bits per heavy atom. The number of H-pyrrole nitrogens is 1. The Morgan fingerprint density at radius 2 is 1.63 bits per heavy atom. The van der Waals surface area contributed by atoms with Gasteiger partial charge in [0.1, 0.15) is 29.3 Å². The predicted molar refractivity (Wildman–Crippen MR) is 252 cm³/mol. The number of benzene rings is 3. The molecule has 2 N–H and O–H groups in total. The summed E-state index contributed by atoms with van der Waals surface area (Å²) in [5, 5.41) is 9.97. The number of nitrogens with zero attached hydrogens (tertiary/aromatic N) is 5. The summed E-state index contributed by atoms with van der Waals surface area (Å²) in [5.41, 5.74) is 6.19. The third-order valence-electron chi connectivity index (χ3n) is 14.2. The lowest BCUT2D eigenvalue weighted by molar-refractivity contribution is -0.143. The van der Waals surface area contributed by atoms with E-state index in [4.69, 9.17) is 28.8 Å². The number of piperidine rings is 1. The number of fused-ring (bicyclic) bond motifs is 3. The van der Waals surface area contributed by atoms with Gasteiger partial charge in [-0.05, 0) is 91.3 Å². The lowest BCUT2D eigenvalue weighted by Crippen LogP contribution is -2.55. The number of hydrogen-bond acceptors (Lipinski definition) is 11. The molecule has 15 heteroatoms. The molecular formula is C52H59N7O8. The van der Waals surface area contributed by atoms with Crippen LogP contribution in [0.4, 0.5) is 0 Å². The molecule has 5 heterocycles. The predicted octanol–water partition coefficient (Wildman–Crippen LogP) is 7.84. The van der Waals surface area contributed by atoms with Crippen LogP contribution in [0, 0.1) is 17.8 Å². The zero-order valence-electron chi connectivity index (χ0n) is 38.9. The highest BCUT2D eigenvalue weighted by atomic mass is 16.7. The monoisotopic (exact) mass is 909 g/mol. The molecule has 1 saturated heterocycles. The zero-order chi connectivity index (χ0) is 46.4. The van der Waals surface area contributed by atoms with E-state index in [1.165, 1.54) is 11.9 Å². The van der Waals surface area contributed by atoms with Crippen LogP contribution < -0.4 is 29.0 Å². The number of carbonyl (C=O) groups excluding carboxylic acids is 3. The second-order valence-electron chi connectivity index (χ2n) is 19.5. The van der Waals surface area contributed by atoms with Gasteiger partial charge in [-0.15, -0.1) is 0 Å². The van der Waals surface area contributed by atoms with Crippen LogP contribution in [0.15, 0.2) is 72.2 Å². The fourth-order valence-corrected chi connectivity index (χ4v) is 10.1. The van der Waals surface area contributed by atoms with Gasteiger partial charge in [0.15, 0.2) is 23.0 Å². The molecule has 0 radical (unpaired) electrons. The van der Waals surface area contributed by atoms with E-state index < -0.39 is 11.9 Å². The highest BCUT2D eigenvalue weighted by Gasteiger charge is 2.44. The number of amides is 3. The number of hydrazone groups is 1. The summed E-state index contributed by atoms with van der Waals surface area (Å²) in [7, 11) is 3.23. The number of nitrogens with one attached hydrogen (secondary N) is 2. The molecule has 2 aromatic heterocycles. The summed E-state index contributed by atoms with van der Waals surface area (Å²) in [6.45, 7) is 7.94. The van der Waals surface area contributed by atoms with Crippen LogP contribution in [-0.2, 0) is 21.4 Å². The summed E-state index contributed by atoms with van der Waals surface area (Å²) in [4.78, 5) is 57.9. The molecular weight excluding hydrogens is 851 g/mol. The van der Waals surface area contributed by atoms with Crippen LogP contribution in [0.25, 0.3) is 22.3 Å². The van der Waals surface area contributed by atoms with Crippen molar-refractivity contribution in [3.05, 3.63) is 89.4 Å². The van der Waals surface area contributed by atoms with E-state index in [-0.39, 0.29) is 53.9 Å². The van der Waals surface area contributed by atoms with E-state index in [0.717, 1.165) is 55.4 Å². The molecule has 3 amide bonds. The minimum absolute atomic E-state index is 0.0281. The van der Waals surface area contributed by atoms with Crippen LogP contribution in [-0.4, -0.2) is 101 Å². The summed E-state index contributed by atoms with van der Waals surface area (Å²) >= 11 is 0. The van der Waals surface area contributed by atoms with Crippen LogP contribution >= 0.6 is 0 Å². The second-order valence-corrected chi connectivity index (χ2v) is 19.5.